The van der Waals surface area contributed by atoms with Gasteiger partial charge in [-0.1, -0.05) is 0 Å². The normalized spacial score (nSPS) is 21.6. The van der Waals surface area contributed by atoms with Gasteiger partial charge in [-0.15, -0.1) is 0 Å². The summed E-state index contributed by atoms with van der Waals surface area (Å²) in [5.41, 5.74) is 0. The Morgan fingerprint density at radius 2 is 2.53 bits per heavy atom. The molecule has 1 N–H and O–H groups in total. The Labute approximate surface area is 102 Å². The maximum Gasteiger partial charge on any atom is 0.211 e. The fourth-order valence-electron chi connectivity index (χ4n) is 2.47. The van der Waals surface area contributed by atoms with Crippen LogP contribution in [-0.4, -0.2) is 43.9 Å². The lowest BCUT2D eigenvalue weighted by molar-refractivity contribution is 0.0860. The van der Waals surface area contributed by atoms with Crippen LogP contribution in [0.5, 0.6) is 0 Å². The fourth-order valence-corrected chi connectivity index (χ4v) is 2.47. The monoisotopic (exact) mass is 236 g/mol. The van der Waals surface area contributed by atoms with Crippen molar-refractivity contribution in [2.24, 2.45) is 5.92 Å². The maximum atomic E-state index is 11.9. The molecule has 2 rings (SSSR count). The fraction of sp³-hybridized carbons (Fsp3) is 0.615. The zero-order valence-corrected chi connectivity index (χ0v) is 10.3. The highest BCUT2D eigenvalue weighted by molar-refractivity contribution is 5.94. The second-order valence-electron chi connectivity index (χ2n) is 4.70. The summed E-state index contributed by atoms with van der Waals surface area (Å²) < 4.78 is 5.12. The van der Waals surface area contributed by atoms with Crippen molar-refractivity contribution in [1.29, 1.82) is 0 Å². The van der Waals surface area contributed by atoms with Gasteiger partial charge in [0, 0.05) is 6.54 Å². The molecule has 0 aliphatic carbocycles. The summed E-state index contributed by atoms with van der Waals surface area (Å²) >= 11 is 0. The van der Waals surface area contributed by atoms with E-state index in [2.05, 4.69) is 10.2 Å². The van der Waals surface area contributed by atoms with Crippen molar-refractivity contribution in [2.75, 3.05) is 33.2 Å². The zero-order chi connectivity index (χ0) is 12.1. The summed E-state index contributed by atoms with van der Waals surface area (Å²) in [4.78, 5) is 14.1. The van der Waals surface area contributed by atoms with Crippen LogP contribution >= 0.6 is 0 Å². The molecule has 2 heterocycles. The van der Waals surface area contributed by atoms with Gasteiger partial charge in [0.15, 0.2) is 5.76 Å². The van der Waals surface area contributed by atoms with Gasteiger partial charge in [0.2, 0.25) is 5.78 Å². The van der Waals surface area contributed by atoms with Gasteiger partial charge >= 0.3 is 0 Å². The van der Waals surface area contributed by atoms with Gasteiger partial charge in [0.05, 0.1) is 12.8 Å². The Balaban J connectivity index is 1.84. The first-order valence-electron chi connectivity index (χ1n) is 6.23. The van der Waals surface area contributed by atoms with E-state index in [0.717, 1.165) is 19.6 Å². The minimum absolute atomic E-state index is 0.0834. The van der Waals surface area contributed by atoms with Crippen LogP contribution in [0.2, 0.25) is 0 Å². The van der Waals surface area contributed by atoms with Crippen molar-refractivity contribution < 1.29 is 9.21 Å². The van der Waals surface area contributed by atoms with Crippen molar-refractivity contribution in [3.05, 3.63) is 24.2 Å². The number of hydrogen-bond donors (Lipinski definition) is 1. The van der Waals surface area contributed by atoms with E-state index in [4.69, 9.17) is 4.42 Å². The maximum absolute atomic E-state index is 11.9. The van der Waals surface area contributed by atoms with E-state index in [1.54, 1.807) is 18.4 Å². The van der Waals surface area contributed by atoms with Crippen LogP contribution in [-0.2, 0) is 0 Å². The number of likely N-dealkylation sites (tertiary alicyclic amines) is 1. The number of nitrogens with zero attached hydrogens (tertiary/aromatic N) is 1. The highest BCUT2D eigenvalue weighted by Gasteiger charge is 2.22. The van der Waals surface area contributed by atoms with Gasteiger partial charge in [0.1, 0.15) is 0 Å². The molecule has 17 heavy (non-hydrogen) atoms. The molecule has 0 radical (unpaired) electrons. The predicted octanol–water partition coefficient (Wildman–Crippen LogP) is 1.39. The Morgan fingerprint density at radius 3 is 3.24 bits per heavy atom. The van der Waals surface area contributed by atoms with Crippen molar-refractivity contribution in [3.8, 4) is 0 Å². The lowest BCUT2D eigenvalue weighted by Gasteiger charge is -2.31. The molecule has 0 aromatic carbocycles. The standard InChI is InChI=1S/C13H20N2O2/c1-14-8-11-4-2-6-15(9-11)10-12(16)13-5-3-7-17-13/h3,5,7,11,14H,2,4,6,8-10H2,1H3. The van der Waals surface area contributed by atoms with Crippen LogP contribution < -0.4 is 5.32 Å². The van der Waals surface area contributed by atoms with E-state index in [1.165, 1.54) is 12.8 Å². The number of nitrogens with one attached hydrogen (secondary N) is 1. The minimum atomic E-state index is 0.0834. The number of furan rings is 1. The number of piperidine rings is 1. The molecule has 1 aromatic heterocycles. The van der Waals surface area contributed by atoms with Gasteiger partial charge in [-0.3, -0.25) is 9.69 Å². The first-order valence-corrected chi connectivity index (χ1v) is 6.23. The number of rotatable bonds is 5. The Bertz CT molecular complexity index is 346. The number of Topliss-reactive ketones (excluding diaryl/α,β-unsaturated/α-hetero) is 1. The lowest BCUT2D eigenvalue weighted by atomic mass is 9.98. The quantitative estimate of drug-likeness (QED) is 0.785. The summed E-state index contributed by atoms with van der Waals surface area (Å²) in [5.74, 6) is 1.22. The van der Waals surface area contributed by atoms with E-state index in [1.807, 2.05) is 7.05 Å². The van der Waals surface area contributed by atoms with Crippen LogP contribution in [0.3, 0.4) is 0 Å². The number of carbonyl (C=O) groups is 1. The third-order valence-corrected chi connectivity index (χ3v) is 3.26. The Hall–Kier alpha value is -1.13. The van der Waals surface area contributed by atoms with Crippen molar-refractivity contribution in [1.82, 2.24) is 10.2 Å². The molecule has 0 amide bonds. The van der Waals surface area contributed by atoms with Crippen LogP contribution in [0.4, 0.5) is 0 Å². The number of carbonyl (C=O) groups excluding carboxylic acids is 1. The predicted molar refractivity (Wildman–Crippen MR) is 66.1 cm³/mol. The second kappa shape index (κ2) is 5.98. The van der Waals surface area contributed by atoms with Crippen LogP contribution in [0, 0.1) is 5.92 Å². The summed E-state index contributed by atoms with van der Waals surface area (Å²) in [6.07, 6.45) is 3.98. The molecule has 0 saturated carbocycles. The molecule has 0 spiro atoms. The molecular formula is C13H20N2O2. The molecule has 4 nitrogen and oxygen atoms in total. The molecule has 0 bridgehead atoms. The van der Waals surface area contributed by atoms with Gasteiger partial charge < -0.3 is 9.73 Å². The Kier molecular flexibility index (Phi) is 4.34. The second-order valence-corrected chi connectivity index (χ2v) is 4.70. The smallest absolute Gasteiger partial charge is 0.211 e. The van der Waals surface area contributed by atoms with Gasteiger partial charge in [0.25, 0.3) is 0 Å². The van der Waals surface area contributed by atoms with Gasteiger partial charge in [-0.25, -0.2) is 0 Å². The summed E-state index contributed by atoms with van der Waals surface area (Å²) in [7, 11) is 1.98. The third kappa shape index (κ3) is 3.41. The van der Waals surface area contributed by atoms with E-state index < -0.39 is 0 Å². The molecule has 1 saturated heterocycles. The molecule has 1 aliphatic heterocycles. The van der Waals surface area contributed by atoms with Crippen LogP contribution in [0.1, 0.15) is 23.4 Å². The molecule has 1 atom stereocenters. The average molecular weight is 236 g/mol. The topological polar surface area (TPSA) is 45.5 Å². The molecule has 1 unspecified atom stereocenters. The number of ketones is 1. The van der Waals surface area contributed by atoms with Gasteiger partial charge in [-0.2, -0.15) is 0 Å². The molecule has 1 aromatic rings. The van der Waals surface area contributed by atoms with Gasteiger partial charge in [-0.05, 0) is 51.0 Å². The van der Waals surface area contributed by atoms with Crippen LogP contribution in [0.15, 0.2) is 22.8 Å². The summed E-state index contributed by atoms with van der Waals surface area (Å²) in [6, 6.07) is 3.49. The van der Waals surface area contributed by atoms with Crippen molar-refractivity contribution in [2.45, 2.75) is 12.8 Å². The highest BCUT2D eigenvalue weighted by Crippen LogP contribution is 2.16. The molecular weight excluding hydrogens is 216 g/mol. The first kappa shape index (κ1) is 12.3. The number of hydrogen-bond acceptors (Lipinski definition) is 4. The highest BCUT2D eigenvalue weighted by atomic mass is 16.3. The van der Waals surface area contributed by atoms with Crippen LogP contribution in [0.25, 0.3) is 0 Å². The molecule has 1 aliphatic rings. The Morgan fingerprint density at radius 1 is 1.65 bits per heavy atom. The summed E-state index contributed by atoms with van der Waals surface area (Å²) in [6.45, 7) is 3.54. The SMILES string of the molecule is CNCC1CCCN(CC(=O)c2ccco2)C1. The molecule has 94 valence electrons. The van der Waals surface area contributed by atoms with E-state index in [-0.39, 0.29) is 5.78 Å². The molecule has 1 fully saturated rings. The zero-order valence-electron chi connectivity index (χ0n) is 10.3. The van der Waals surface area contributed by atoms with E-state index >= 15 is 0 Å². The minimum Gasteiger partial charge on any atom is -0.461 e. The van der Waals surface area contributed by atoms with E-state index in [0.29, 0.717) is 18.2 Å². The lowest BCUT2D eigenvalue weighted by Crippen LogP contribution is -2.41. The molecule has 4 heteroatoms. The van der Waals surface area contributed by atoms with E-state index in [9.17, 15) is 4.79 Å². The van der Waals surface area contributed by atoms with Crippen molar-refractivity contribution >= 4 is 5.78 Å². The first-order chi connectivity index (χ1) is 8.29. The average Bonchev–Trinajstić information content (AvgIpc) is 2.83. The third-order valence-electron chi connectivity index (χ3n) is 3.26. The van der Waals surface area contributed by atoms with Crippen molar-refractivity contribution in [3.63, 3.8) is 0 Å². The largest absolute Gasteiger partial charge is 0.461 e. The summed E-state index contributed by atoms with van der Waals surface area (Å²) in [5, 5.41) is 3.21.